The van der Waals surface area contributed by atoms with E-state index in [1.165, 1.54) is 24.3 Å². The van der Waals surface area contributed by atoms with Gasteiger partial charge in [0.25, 0.3) is 11.8 Å². The summed E-state index contributed by atoms with van der Waals surface area (Å²) in [6, 6.07) is 19.3. The van der Waals surface area contributed by atoms with Crippen LogP contribution in [0.25, 0.3) is 6.08 Å². The van der Waals surface area contributed by atoms with Crippen molar-refractivity contribution in [2.45, 2.75) is 13.8 Å². The lowest BCUT2D eigenvalue weighted by atomic mass is 10.1. The molecule has 3 aromatic rings. The van der Waals surface area contributed by atoms with Gasteiger partial charge in [-0.15, -0.1) is 0 Å². The Kier molecular flexibility index (Phi) is 8.83. The minimum Gasteiger partial charge on any atom is -0.497 e. The number of nitrogens with one attached hydrogen (secondary N) is 2. The van der Waals surface area contributed by atoms with Gasteiger partial charge in [-0.05, 0) is 78.2 Å². The van der Waals surface area contributed by atoms with Crippen LogP contribution in [0, 0.1) is 5.92 Å². The van der Waals surface area contributed by atoms with Crippen LogP contribution in [0.3, 0.4) is 0 Å². The first-order chi connectivity index (χ1) is 17.2. The molecule has 0 aliphatic rings. The van der Waals surface area contributed by atoms with Crippen LogP contribution in [0.4, 0.5) is 5.69 Å². The Bertz CT molecular complexity index is 1230. The molecule has 0 saturated carbocycles. The maximum atomic E-state index is 13.1. The van der Waals surface area contributed by atoms with E-state index >= 15 is 0 Å². The van der Waals surface area contributed by atoms with Crippen molar-refractivity contribution in [1.82, 2.24) is 5.32 Å². The summed E-state index contributed by atoms with van der Waals surface area (Å²) in [6.07, 6.45) is 1.54. The summed E-state index contributed by atoms with van der Waals surface area (Å²) in [4.78, 5) is 37.1. The number of aromatic carboxylic acids is 1. The van der Waals surface area contributed by atoms with E-state index in [2.05, 4.69) is 10.6 Å². The first-order valence-electron chi connectivity index (χ1n) is 11.3. The molecule has 0 fully saturated rings. The maximum absolute atomic E-state index is 13.1. The van der Waals surface area contributed by atoms with Crippen molar-refractivity contribution in [2.24, 2.45) is 5.92 Å². The van der Waals surface area contributed by atoms with Crippen LogP contribution in [0.5, 0.6) is 11.5 Å². The number of carboxylic acid groups (broad SMARTS) is 1. The number of rotatable bonds is 10. The second kappa shape index (κ2) is 12.2. The molecule has 0 radical (unpaired) electrons. The Morgan fingerprint density at radius 1 is 0.861 bits per heavy atom. The molecule has 36 heavy (non-hydrogen) atoms. The van der Waals surface area contributed by atoms with Crippen molar-refractivity contribution < 1.29 is 29.0 Å². The Hall–Kier alpha value is -4.59. The summed E-state index contributed by atoms with van der Waals surface area (Å²) >= 11 is 0. The lowest BCUT2D eigenvalue weighted by Crippen LogP contribution is -2.30. The molecule has 0 unspecified atom stereocenters. The van der Waals surface area contributed by atoms with Crippen molar-refractivity contribution in [3.8, 4) is 11.5 Å². The molecule has 2 amide bonds. The van der Waals surface area contributed by atoms with E-state index in [-0.39, 0.29) is 11.3 Å². The van der Waals surface area contributed by atoms with Gasteiger partial charge < -0.3 is 25.2 Å². The van der Waals surface area contributed by atoms with Crippen LogP contribution in [-0.4, -0.2) is 36.6 Å². The number of anilines is 1. The van der Waals surface area contributed by atoms with Crippen molar-refractivity contribution >= 4 is 29.5 Å². The number of hydrogen-bond acceptors (Lipinski definition) is 5. The van der Waals surface area contributed by atoms with Crippen LogP contribution in [-0.2, 0) is 4.79 Å². The number of hydrogen-bond donors (Lipinski definition) is 3. The first-order valence-corrected chi connectivity index (χ1v) is 11.3. The molecule has 0 aliphatic heterocycles. The summed E-state index contributed by atoms with van der Waals surface area (Å²) in [6.45, 7) is 4.65. The number of carbonyl (C=O) groups excluding carboxylic acids is 2. The van der Waals surface area contributed by atoms with Crippen molar-refractivity contribution in [2.75, 3.05) is 19.0 Å². The van der Waals surface area contributed by atoms with Gasteiger partial charge in [-0.25, -0.2) is 4.79 Å². The third-order valence-electron chi connectivity index (χ3n) is 5.01. The van der Waals surface area contributed by atoms with Crippen molar-refractivity contribution in [1.29, 1.82) is 0 Å². The van der Waals surface area contributed by atoms with Crippen LogP contribution in [0.15, 0.2) is 78.5 Å². The Morgan fingerprint density at radius 3 is 2.00 bits per heavy atom. The fourth-order valence-corrected chi connectivity index (χ4v) is 3.08. The van der Waals surface area contributed by atoms with E-state index in [0.717, 1.165) is 0 Å². The third-order valence-corrected chi connectivity index (χ3v) is 5.01. The molecule has 0 aromatic heterocycles. The predicted octanol–water partition coefficient (Wildman–Crippen LogP) is 4.84. The van der Waals surface area contributed by atoms with E-state index in [4.69, 9.17) is 14.6 Å². The Labute approximate surface area is 209 Å². The Morgan fingerprint density at radius 2 is 1.44 bits per heavy atom. The van der Waals surface area contributed by atoms with Gasteiger partial charge in [0.1, 0.15) is 17.2 Å². The number of amides is 2. The fourth-order valence-electron chi connectivity index (χ4n) is 3.08. The molecule has 3 aromatic carbocycles. The summed E-state index contributed by atoms with van der Waals surface area (Å²) in [7, 11) is 1.55. The minimum atomic E-state index is -1.07. The summed E-state index contributed by atoms with van der Waals surface area (Å²) in [5.41, 5.74) is 1.50. The van der Waals surface area contributed by atoms with Gasteiger partial charge in [-0.2, -0.15) is 0 Å². The highest BCUT2D eigenvalue weighted by atomic mass is 16.5. The molecule has 0 atom stereocenters. The van der Waals surface area contributed by atoms with Crippen molar-refractivity contribution in [3.63, 3.8) is 0 Å². The zero-order valence-corrected chi connectivity index (χ0v) is 20.3. The van der Waals surface area contributed by atoms with Crippen LogP contribution in [0.2, 0.25) is 0 Å². The largest absolute Gasteiger partial charge is 0.497 e. The molecule has 0 saturated heterocycles. The summed E-state index contributed by atoms with van der Waals surface area (Å²) in [5.74, 6) is -0.434. The molecule has 0 bridgehead atoms. The highest BCUT2D eigenvalue weighted by Crippen LogP contribution is 2.17. The van der Waals surface area contributed by atoms with Gasteiger partial charge in [0.2, 0.25) is 0 Å². The number of ether oxygens (including phenoxy) is 2. The highest BCUT2D eigenvalue weighted by molar-refractivity contribution is 6.10. The second-order valence-electron chi connectivity index (χ2n) is 8.35. The van der Waals surface area contributed by atoms with Gasteiger partial charge in [-0.1, -0.05) is 26.0 Å². The van der Waals surface area contributed by atoms with Gasteiger partial charge in [0.15, 0.2) is 0 Å². The van der Waals surface area contributed by atoms with Gasteiger partial charge in [0.05, 0.1) is 19.3 Å². The average molecular weight is 489 g/mol. The Balaban J connectivity index is 1.81. The molecule has 0 heterocycles. The van der Waals surface area contributed by atoms with E-state index in [0.29, 0.717) is 40.8 Å². The lowest BCUT2D eigenvalue weighted by molar-refractivity contribution is -0.113. The second-order valence-corrected chi connectivity index (χ2v) is 8.35. The quantitative estimate of drug-likeness (QED) is 0.352. The average Bonchev–Trinajstić information content (AvgIpc) is 2.88. The van der Waals surface area contributed by atoms with E-state index < -0.39 is 17.8 Å². The smallest absolute Gasteiger partial charge is 0.335 e. The van der Waals surface area contributed by atoms with E-state index in [9.17, 15) is 14.4 Å². The zero-order valence-electron chi connectivity index (χ0n) is 20.3. The highest BCUT2D eigenvalue weighted by Gasteiger charge is 2.16. The molecular formula is C28H28N2O6. The number of carboxylic acids is 1. The van der Waals surface area contributed by atoms with Crippen LogP contribution >= 0.6 is 0 Å². The molecule has 3 N–H and O–H groups in total. The monoisotopic (exact) mass is 488 g/mol. The van der Waals surface area contributed by atoms with Crippen LogP contribution < -0.4 is 20.1 Å². The fraction of sp³-hybridized carbons (Fsp3) is 0.179. The summed E-state index contributed by atoms with van der Waals surface area (Å²) in [5, 5.41) is 14.4. The number of carbonyl (C=O) groups is 3. The predicted molar refractivity (Wildman–Crippen MR) is 137 cm³/mol. The molecule has 0 spiro atoms. The first kappa shape index (κ1) is 26.0. The van der Waals surface area contributed by atoms with E-state index in [1.807, 2.05) is 13.8 Å². The molecule has 8 heteroatoms. The van der Waals surface area contributed by atoms with E-state index in [1.54, 1.807) is 61.7 Å². The molecule has 186 valence electrons. The SMILES string of the molecule is COc1ccc(C=C(NC(=O)c2ccc(OCC(C)C)cc2)C(=O)Nc2ccc(C(=O)O)cc2)cc1. The van der Waals surface area contributed by atoms with Crippen LogP contribution in [0.1, 0.15) is 40.1 Å². The number of methoxy groups -OCH3 is 1. The normalized spacial score (nSPS) is 11.1. The molecular weight excluding hydrogens is 460 g/mol. The minimum absolute atomic E-state index is 0.00705. The molecule has 3 rings (SSSR count). The maximum Gasteiger partial charge on any atom is 0.335 e. The van der Waals surface area contributed by atoms with Gasteiger partial charge in [-0.3, -0.25) is 9.59 Å². The molecule has 8 nitrogen and oxygen atoms in total. The number of benzene rings is 3. The standard InChI is InChI=1S/C28H28N2O6/c1-18(2)17-36-24-14-8-20(9-15-24)26(31)30-25(16-19-4-12-23(35-3)13-5-19)27(32)29-22-10-6-21(7-11-22)28(33)34/h4-16,18H,17H2,1-3H3,(H,29,32)(H,30,31)(H,33,34). The van der Waals surface area contributed by atoms with Gasteiger partial charge in [0, 0.05) is 11.3 Å². The molecule has 0 aliphatic carbocycles. The summed E-state index contributed by atoms with van der Waals surface area (Å²) < 4.78 is 10.8. The topological polar surface area (TPSA) is 114 Å². The lowest BCUT2D eigenvalue weighted by Gasteiger charge is -2.12. The van der Waals surface area contributed by atoms with Gasteiger partial charge >= 0.3 is 5.97 Å². The third kappa shape index (κ3) is 7.46. The zero-order chi connectivity index (χ0) is 26.1. The van der Waals surface area contributed by atoms with Crippen molar-refractivity contribution in [3.05, 3.63) is 95.2 Å².